The number of carboxylic acids is 1. The van der Waals surface area contributed by atoms with Crippen LogP contribution in [0.4, 0.5) is 0 Å². The minimum atomic E-state index is -1.57. The number of hydrogen-bond donors (Lipinski definition) is 1. The van der Waals surface area contributed by atoms with Crippen molar-refractivity contribution in [1.82, 2.24) is 0 Å². The molecule has 0 spiro atoms. The molecule has 0 amide bonds. The molecule has 0 fully saturated rings. The molecule has 1 aromatic rings. The summed E-state index contributed by atoms with van der Waals surface area (Å²) in [5.41, 5.74) is 3.98. The van der Waals surface area contributed by atoms with Crippen LogP contribution >= 0.6 is 0 Å². The summed E-state index contributed by atoms with van der Waals surface area (Å²) in [5, 5.41) is 8.83. The average molecular weight is 362 g/mol. The van der Waals surface area contributed by atoms with Gasteiger partial charge in [0.25, 0.3) is 5.78 Å². The molecular formula is C21H30O5. The molecule has 0 aliphatic rings. The van der Waals surface area contributed by atoms with Gasteiger partial charge >= 0.3 is 11.9 Å². The zero-order valence-corrected chi connectivity index (χ0v) is 16.0. The minimum absolute atomic E-state index is 0.140. The smallest absolute Gasteiger partial charge is 0.373 e. The maximum atomic E-state index is 11.8. The number of ketones is 1. The molecule has 0 saturated heterocycles. The van der Waals surface area contributed by atoms with E-state index in [1.165, 1.54) is 16.7 Å². The fourth-order valence-corrected chi connectivity index (χ4v) is 3.07. The first-order valence-corrected chi connectivity index (χ1v) is 9.36. The highest BCUT2D eigenvalue weighted by Crippen LogP contribution is 2.17. The number of unbranched alkanes of at least 4 members (excludes halogenated alkanes) is 4. The Hall–Kier alpha value is -2.17. The molecule has 0 aromatic heterocycles. The lowest BCUT2D eigenvalue weighted by molar-refractivity contribution is -0.159. The number of aliphatic carboxylic acids is 1. The number of esters is 1. The lowest BCUT2D eigenvalue weighted by Gasteiger charge is -2.12. The standard InChI is InChI=1S/C21H30O5/c1-4-26-21(25)18(19(22)20(23)24)11-9-7-5-6-8-10-17-13-12-15(2)14-16(17)3/h12-14,18H,4-11H2,1-3H3,(H,23,24). The first kappa shape index (κ1) is 21.9. The third-order valence-electron chi connectivity index (χ3n) is 4.54. The largest absolute Gasteiger partial charge is 0.475 e. The Labute approximate surface area is 155 Å². The van der Waals surface area contributed by atoms with Gasteiger partial charge in [-0.05, 0) is 51.2 Å². The van der Waals surface area contributed by atoms with Gasteiger partial charge in [0.05, 0.1) is 6.61 Å². The number of carbonyl (C=O) groups is 3. The van der Waals surface area contributed by atoms with Crippen LogP contribution in [0.25, 0.3) is 0 Å². The van der Waals surface area contributed by atoms with Crippen molar-refractivity contribution in [2.24, 2.45) is 5.92 Å². The molecule has 0 heterocycles. The lowest BCUT2D eigenvalue weighted by Crippen LogP contribution is -2.31. The number of benzene rings is 1. The first-order valence-electron chi connectivity index (χ1n) is 9.36. The van der Waals surface area contributed by atoms with Gasteiger partial charge in [0.1, 0.15) is 5.92 Å². The molecule has 144 valence electrons. The number of hydrogen-bond acceptors (Lipinski definition) is 4. The van der Waals surface area contributed by atoms with E-state index < -0.39 is 23.6 Å². The van der Waals surface area contributed by atoms with Gasteiger partial charge in [0.2, 0.25) is 0 Å². The fraction of sp³-hybridized carbons (Fsp3) is 0.571. The van der Waals surface area contributed by atoms with Gasteiger partial charge in [-0.2, -0.15) is 0 Å². The van der Waals surface area contributed by atoms with Crippen molar-refractivity contribution in [1.29, 1.82) is 0 Å². The lowest BCUT2D eigenvalue weighted by atomic mass is 9.95. The van der Waals surface area contributed by atoms with Gasteiger partial charge in [0, 0.05) is 0 Å². The summed E-state index contributed by atoms with van der Waals surface area (Å²) in [7, 11) is 0. The molecule has 0 aliphatic heterocycles. The highest BCUT2D eigenvalue weighted by Gasteiger charge is 2.32. The summed E-state index contributed by atoms with van der Waals surface area (Å²) in [6.07, 6.45) is 5.98. The number of Topliss-reactive ketones (excluding diaryl/α,β-unsaturated/α-hetero) is 1. The van der Waals surface area contributed by atoms with Crippen LogP contribution < -0.4 is 0 Å². The van der Waals surface area contributed by atoms with Crippen molar-refractivity contribution in [2.45, 2.75) is 65.7 Å². The SMILES string of the molecule is CCOC(=O)C(CCCCCCCc1ccc(C)cc1C)C(=O)C(=O)O. The van der Waals surface area contributed by atoms with E-state index in [1.54, 1.807) is 6.92 Å². The van der Waals surface area contributed by atoms with Gasteiger partial charge < -0.3 is 9.84 Å². The highest BCUT2D eigenvalue weighted by atomic mass is 16.5. The summed E-state index contributed by atoms with van der Waals surface area (Å²) >= 11 is 0. The van der Waals surface area contributed by atoms with Crippen LogP contribution in [-0.4, -0.2) is 29.4 Å². The third-order valence-corrected chi connectivity index (χ3v) is 4.54. The number of rotatable bonds is 12. The molecule has 1 unspecified atom stereocenters. The Morgan fingerprint density at radius 3 is 2.31 bits per heavy atom. The van der Waals surface area contributed by atoms with Crippen molar-refractivity contribution >= 4 is 17.7 Å². The zero-order valence-electron chi connectivity index (χ0n) is 16.0. The second kappa shape index (κ2) is 11.4. The average Bonchev–Trinajstić information content (AvgIpc) is 2.58. The molecule has 0 saturated carbocycles. The van der Waals surface area contributed by atoms with E-state index in [9.17, 15) is 14.4 Å². The molecule has 5 heteroatoms. The van der Waals surface area contributed by atoms with Gasteiger partial charge in [-0.1, -0.05) is 49.4 Å². The Bertz CT molecular complexity index is 621. The Kier molecular flexibility index (Phi) is 9.63. The van der Waals surface area contributed by atoms with Crippen LogP contribution in [0.2, 0.25) is 0 Å². The molecule has 0 aliphatic carbocycles. The summed E-state index contributed by atoms with van der Waals surface area (Å²) < 4.78 is 4.82. The predicted molar refractivity (Wildman–Crippen MR) is 100 cm³/mol. The van der Waals surface area contributed by atoms with Crippen LogP contribution in [0, 0.1) is 19.8 Å². The number of aryl methyl sites for hydroxylation is 3. The van der Waals surface area contributed by atoms with E-state index >= 15 is 0 Å². The zero-order chi connectivity index (χ0) is 19.5. The van der Waals surface area contributed by atoms with Crippen molar-refractivity contribution in [2.75, 3.05) is 6.61 Å². The first-order chi connectivity index (χ1) is 12.4. The second-order valence-electron chi connectivity index (χ2n) is 6.71. The predicted octanol–water partition coefficient (Wildman–Crippen LogP) is 4.02. The summed E-state index contributed by atoms with van der Waals surface area (Å²) in [6, 6.07) is 6.52. The number of ether oxygens (including phenoxy) is 1. The summed E-state index contributed by atoms with van der Waals surface area (Å²) in [4.78, 5) is 34.2. The van der Waals surface area contributed by atoms with Crippen molar-refractivity contribution in [3.05, 3.63) is 34.9 Å². The molecule has 26 heavy (non-hydrogen) atoms. The van der Waals surface area contributed by atoms with Crippen LogP contribution in [0.1, 0.15) is 62.1 Å². The monoisotopic (exact) mass is 362 g/mol. The van der Waals surface area contributed by atoms with Gasteiger partial charge in [-0.3, -0.25) is 9.59 Å². The van der Waals surface area contributed by atoms with Crippen molar-refractivity contribution in [3.8, 4) is 0 Å². The molecule has 1 N–H and O–H groups in total. The van der Waals surface area contributed by atoms with Crippen LogP contribution in [0.15, 0.2) is 18.2 Å². The quantitative estimate of drug-likeness (QED) is 0.263. The van der Waals surface area contributed by atoms with E-state index in [2.05, 4.69) is 32.0 Å². The minimum Gasteiger partial charge on any atom is -0.475 e. The van der Waals surface area contributed by atoms with Gasteiger partial charge in [-0.25, -0.2) is 4.79 Å². The van der Waals surface area contributed by atoms with E-state index in [0.29, 0.717) is 6.42 Å². The molecule has 1 atom stereocenters. The second-order valence-corrected chi connectivity index (χ2v) is 6.71. The van der Waals surface area contributed by atoms with E-state index in [-0.39, 0.29) is 13.0 Å². The third kappa shape index (κ3) is 7.38. The van der Waals surface area contributed by atoms with Crippen LogP contribution in [0.5, 0.6) is 0 Å². The maximum Gasteiger partial charge on any atom is 0.373 e. The molecule has 1 aromatic carbocycles. The number of carbonyl (C=O) groups excluding carboxylic acids is 2. The summed E-state index contributed by atoms with van der Waals surface area (Å²) in [6.45, 7) is 6.00. The van der Waals surface area contributed by atoms with E-state index in [4.69, 9.17) is 9.84 Å². The molecule has 0 radical (unpaired) electrons. The van der Waals surface area contributed by atoms with E-state index in [1.807, 2.05) is 0 Å². The fourth-order valence-electron chi connectivity index (χ4n) is 3.07. The normalized spacial score (nSPS) is 11.8. The van der Waals surface area contributed by atoms with Gasteiger partial charge in [0.15, 0.2) is 0 Å². The van der Waals surface area contributed by atoms with E-state index in [0.717, 1.165) is 32.1 Å². The maximum absolute atomic E-state index is 11.8. The molecule has 5 nitrogen and oxygen atoms in total. The summed E-state index contributed by atoms with van der Waals surface area (Å²) in [5.74, 6) is -4.55. The molecular weight excluding hydrogens is 332 g/mol. The van der Waals surface area contributed by atoms with Crippen molar-refractivity contribution < 1.29 is 24.2 Å². The number of carboxylic acid groups (broad SMARTS) is 1. The van der Waals surface area contributed by atoms with Crippen molar-refractivity contribution in [3.63, 3.8) is 0 Å². The Morgan fingerprint density at radius 1 is 1.04 bits per heavy atom. The highest BCUT2D eigenvalue weighted by molar-refractivity contribution is 6.37. The molecule has 0 bridgehead atoms. The van der Waals surface area contributed by atoms with Crippen LogP contribution in [0.3, 0.4) is 0 Å². The van der Waals surface area contributed by atoms with Crippen LogP contribution in [-0.2, 0) is 25.5 Å². The molecule has 1 rings (SSSR count). The van der Waals surface area contributed by atoms with Gasteiger partial charge in [-0.15, -0.1) is 0 Å². The Balaban J connectivity index is 2.29. The topological polar surface area (TPSA) is 80.7 Å². The Morgan fingerprint density at radius 2 is 1.69 bits per heavy atom.